The van der Waals surface area contributed by atoms with Gasteiger partial charge in [0.2, 0.25) is 23.6 Å². The lowest BCUT2D eigenvalue weighted by Crippen LogP contribution is -2.54. The molecule has 21 heteroatoms. The molecular formula is C44H77N5O16. The predicted molar refractivity (Wildman–Crippen MR) is 237 cm³/mol. The molecule has 0 saturated heterocycles. The van der Waals surface area contributed by atoms with Crippen LogP contribution in [0, 0.1) is 11.8 Å². The van der Waals surface area contributed by atoms with E-state index in [0.717, 1.165) is 17.6 Å². The molecule has 1 aliphatic rings. The number of aldehydes is 1. The Kier molecular flexibility index (Phi) is 33.8. The number of carbonyl (C=O) groups excluding carboxylic acids is 7. The standard InChI is InChI=1S/C44H77N5O16/c1-8-35(4)43(36(57-7)12-16-50)48(6)41(55)33-46-44(56)42(34(2)3)47(5)38(52)13-17-58-19-21-60-23-25-62-27-29-64-31-32-65-30-28-63-26-24-61-22-20-59-18-14-45-37(51)11-15-49-39(53)9-10-40(49)54/h9-10,16,34-36,42-43H,8,11-15,17-33H2,1-7H3,(H,45,51)(H,46,56). The van der Waals surface area contributed by atoms with Gasteiger partial charge in [-0.05, 0) is 11.8 Å². The fourth-order valence-corrected chi connectivity index (χ4v) is 6.54. The van der Waals surface area contributed by atoms with Crippen molar-refractivity contribution in [1.82, 2.24) is 25.3 Å². The molecule has 0 saturated carbocycles. The quantitative estimate of drug-likeness (QED) is 0.0466. The molecule has 4 unspecified atom stereocenters. The number of amides is 6. The van der Waals surface area contributed by atoms with Crippen LogP contribution >= 0.6 is 0 Å². The van der Waals surface area contributed by atoms with Crippen molar-refractivity contribution in [3.63, 3.8) is 0 Å². The van der Waals surface area contributed by atoms with Crippen LogP contribution < -0.4 is 10.6 Å². The smallest absolute Gasteiger partial charge is 0.253 e. The first-order valence-corrected chi connectivity index (χ1v) is 22.5. The van der Waals surface area contributed by atoms with Gasteiger partial charge in [0.25, 0.3) is 11.8 Å². The Balaban J connectivity index is 1.97. The lowest BCUT2D eigenvalue weighted by molar-refractivity contribution is -0.143. The fraction of sp³-hybridized carbons (Fsp3) is 0.795. The average molecular weight is 932 g/mol. The SMILES string of the molecule is CCC(C)C(C(CC=O)OC)N(C)C(=O)CNC(=O)C(C(C)C)N(C)C(=O)CCOCCOCCOCCOCCOCCOCCOCCOCCNC(=O)CCN1C(=O)C=CC1=O. The maximum absolute atomic E-state index is 13.2. The molecule has 1 rings (SSSR count). The van der Waals surface area contributed by atoms with Gasteiger partial charge in [-0.1, -0.05) is 34.1 Å². The van der Waals surface area contributed by atoms with Gasteiger partial charge in [0.1, 0.15) is 12.3 Å². The van der Waals surface area contributed by atoms with E-state index in [9.17, 15) is 33.6 Å². The summed E-state index contributed by atoms with van der Waals surface area (Å²) in [4.78, 5) is 89.2. The van der Waals surface area contributed by atoms with Gasteiger partial charge in [-0.3, -0.25) is 33.7 Å². The number of hydrogen-bond donors (Lipinski definition) is 2. The molecule has 0 aromatic rings. The second-order valence-electron chi connectivity index (χ2n) is 15.4. The van der Waals surface area contributed by atoms with E-state index < -0.39 is 29.9 Å². The Morgan fingerprint density at radius 2 is 1.09 bits per heavy atom. The van der Waals surface area contributed by atoms with Crippen molar-refractivity contribution in [3.05, 3.63) is 12.2 Å². The van der Waals surface area contributed by atoms with Crippen LogP contribution in [0.4, 0.5) is 0 Å². The summed E-state index contributed by atoms with van der Waals surface area (Å²) >= 11 is 0. The molecule has 0 aromatic heterocycles. The van der Waals surface area contributed by atoms with Crippen LogP contribution in [0.5, 0.6) is 0 Å². The van der Waals surface area contributed by atoms with Gasteiger partial charge in [0, 0.05) is 59.3 Å². The zero-order valence-electron chi connectivity index (χ0n) is 39.8. The summed E-state index contributed by atoms with van der Waals surface area (Å²) in [5.74, 6) is -2.27. The van der Waals surface area contributed by atoms with Crippen LogP contribution in [-0.2, 0) is 76.2 Å². The monoisotopic (exact) mass is 932 g/mol. The summed E-state index contributed by atoms with van der Waals surface area (Å²) < 4.78 is 49.4. The Labute approximate surface area is 384 Å². The Hall–Kier alpha value is -3.93. The molecule has 0 fully saturated rings. The molecule has 4 atom stereocenters. The number of ether oxygens (including phenoxy) is 9. The lowest BCUT2D eigenvalue weighted by Gasteiger charge is -2.37. The number of hydrogen-bond acceptors (Lipinski definition) is 16. The number of nitrogens with one attached hydrogen (secondary N) is 2. The van der Waals surface area contributed by atoms with Gasteiger partial charge in [0.05, 0.1) is 131 Å². The molecule has 0 aliphatic carbocycles. The number of methoxy groups -OCH3 is 1. The largest absolute Gasteiger partial charge is 0.379 e. The zero-order chi connectivity index (χ0) is 48.2. The van der Waals surface area contributed by atoms with E-state index in [1.165, 1.54) is 29.1 Å². The molecule has 0 aromatic carbocycles. The first-order chi connectivity index (χ1) is 31.3. The van der Waals surface area contributed by atoms with Crippen molar-refractivity contribution in [3.8, 4) is 0 Å². The molecule has 1 aliphatic heterocycles. The van der Waals surface area contributed by atoms with E-state index in [1.807, 2.05) is 27.7 Å². The molecule has 21 nitrogen and oxygen atoms in total. The minimum absolute atomic E-state index is 0.0364. The van der Waals surface area contributed by atoms with E-state index in [0.29, 0.717) is 99.0 Å². The van der Waals surface area contributed by atoms with Gasteiger partial charge in [-0.2, -0.15) is 0 Å². The van der Waals surface area contributed by atoms with E-state index in [4.69, 9.17) is 42.6 Å². The number of likely N-dealkylation sites (N-methyl/N-ethyl adjacent to an activating group) is 2. The normalized spacial score (nSPS) is 14.4. The Morgan fingerprint density at radius 1 is 0.646 bits per heavy atom. The molecule has 2 N–H and O–H groups in total. The van der Waals surface area contributed by atoms with E-state index in [2.05, 4.69) is 10.6 Å². The Morgan fingerprint density at radius 3 is 1.51 bits per heavy atom. The molecule has 65 heavy (non-hydrogen) atoms. The highest BCUT2D eigenvalue weighted by atomic mass is 16.6. The van der Waals surface area contributed by atoms with Crippen molar-refractivity contribution in [2.45, 2.75) is 71.6 Å². The van der Waals surface area contributed by atoms with Gasteiger partial charge >= 0.3 is 0 Å². The van der Waals surface area contributed by atoms with Gasteiger partial charge in [-0.25, -0.2) is 0 Å². The van der Waals surface area contributed by atoms with E-state index in [-0.39, 0.29) is 81.2 Å². The summed E-state index contributed by atoms with van der Waals surface area (Å²) in [5.41, 5.74) is 0. The Bertz CT molecular complexity index is 1390. The maximum Gasteiger partial charge on any atom is 0.253 e. The minimum Gasteiger partial charge on any atom is -0.379 e. The highest BCUT2D eigenvalue weighted by Crippen LogP contribution is 2.21. The van der Waals surface area contributed by atoms with Gasteiger partial charge < -0.3 is 67.9 Å². The van der Waals surface area contributed by atoms with Gasteiger partial charge in [-0.15, -0.1) is 0 Å². The molecule has 0 bridgehead atoms. The summed E-state index contributed by atoms with van der Waals surface area (Å²) in [6.07, 6.45) is 3.70. The van der Waals surface area contributed by atoms with Crippen molar-refractivity contribution in [2.24, 2.45) is 11.8 Å². The van der Waals surface area contributed by atoms with Crippen LogP contribution in [0.3, 0.4) is 0 Å². The molecule has 0 radical (unpaired) electrons. The maximum atomic E-state index is 13.2. The average Bonchev–Trinajstić information content (AvgIpc) is 3.61. The topological polar surface area (TPSA) is 236 Å². The van der Waals surface area contributed by atoms with Crippen molar-refractivity contribution < 1.29 is 76.2 Å². The lowest BCUT2D eigenvalue weighted by atomic mass is 9.91. The summed E-state index contributed by atoms with van der Waals surface area (Å²) in [6.45, 7) is 13.7. The third-order valence-corrected chi connectivity index (χ3v) is 10.3. The first kappa shape index (κ1) is 59.1. The molecule has 374 valence electrons. The van der Waals surface area contributed by atoms with Crippen molar-refractivity contribution in [2.75, 3.05) is 147 Å². The van der Waals surface area contributed by atoms with Crippen molar-refractivity contribution in [1.29, 1.82) is 0 Å². The number of carbonyl (C=O) groups is 7. The number of imide groups is 1. The molecular weight excluding hydrogens is 855 g/mol. The molecule has 1 heterocycles. The number of nitrogens with zero attached hydrogens (tertiary/aromatic N) is 3. The first-order valence-electron chi connectivity index (χ1n) is 22.5. The molecule has 0 spiro atoms. The van der Waals surface area contributed by atoms with E-state index in [1.54, 1.807) is 14.1 Å². The summed E-state index contributed by atoms with van der Waals surface area (Å²) in [5, 5.41) is 5.37. The van der Waals surface area contributed by atoms with Crippen molar-refractivity contribution >= 4 is 41.7 Å². The van der Waals surface area contributed by atoms with Crippen LogP contribution in [0.25, 0.3) is 0 Å². The van der Waals surface area contributed by atoms with Gasteiger partial charge in [0.15, 0.2) is 0 Å². The van der Waals surface area contributed by atoms with Crippen LogP contribution in [-0.4, -0.2) is 221 Å². The summed E-state index contributed by atoms with van der Waals surface area (Å²) in [7, 11) is 4.72. The predicted octanol–water partition coefficient (Wildman–Crippen LogP) is 0.0169. The fourth-order valence-electron chi connectivity index (χ4n) is 6.54. The van der Waals surface area contributed by atoms with Crippen LogP contribution in [0.2, 0.25) is 0 Å². The number of rotatable bonds is 42. The zero-order valence-corrected chi connectivity index (χ0v) is 39.8. The highest BCUT2D eigenvalue weighted by Gasteiger charge is 2.34. The summed E-state index contributed by atoms with van der Waals surface area (Å²) in [6, 6.07) is -1.14. The van der Waals surface area contributed by atoms with Crippen LogP contribution in [0.15, 0.2) is 12.2 Å². The molecule has 6 amide bonds. The van der Waals surface area contributed by atoms with Crippen LogP contribution in [0.1, 0.15) is 53.4 Å². The second-order valence-corrected chi connectivity index (χ2v) is 15.4. The minimum atomic E-state index is -0.789. The highest BCUT2D eigenvalue weighted by molar-refractivity contribution is 6.13. The second kappa shape index (κ2) is 37.2. The third kappa shape index (κ3) is 26.1. The van der Waals surface area contributed by atoms with E-state index >= 15 is 0 Å². The third-order valence-electron chi connectivity index (χ3n) is 10.3.